The fourth-order valence-corrected chi connectivity index (χ4v) is 1.96. The predicted molar refractivity (Wildman–Crippen MR) is 71.9 cm³/mol. The van der Waals surface area contributed by atoms with Crippen molar-refractivity contribution in [2.75, 3.05) is 27.1 Å². The van der Waals surface area contributed by atoms with Crippen molar-refractivity contribution in [3.05, 3.63) is 17.7 Å². The van der Waals surface area contributed by atoms with E-state index in [9.17, 15) is 0 Å². The van der Waals surface area contributed by atoms with Crippen LogP contribution in [0.4, 0.5) is 0 Å². The third kappa shape index (κ3) is 3.52. The fraction of sp³-hybridized carbons (Fsp3) is 0.571. The number of rotatable bonds is 7. The Bertz CT molecular complexity index is 422. The Kier molecular flexibility index (Phi) is 4.87. The van der Waals surface area contributed by atoms with Gasteiger partial charge < -0.3 is 24.3 Å². The number of hydrogen-bond acceptors (Lipinski definition) is 5. The van der Waals surface area contributed by atoms with E-state index in [0.29, 0.717) is 6.61 Å². The van der Waals surface area contributed by atoms with Crippen molar-refractivity contribution in [2.24, 2.45) is 0 Å². The largest absolute Gasteiger partial charge is 0.488 e. The van der Waals surface area contributed by atoms with Gasteiger partial charge in [-0.05, 0) is 19.5 Å². The molecule has 0 bridgehead atoms. The normalized spacial score (nSPS) is 14.5. The Morgan fingerprint density at radius 2 is 2.05 bits per heavy atom. The van der Waals surface area contributed by atoms with Crippen molar-refractivity contribution in [2.45, 2.75) is 26.5 Å². The minimum Gasteiger partial charge on any atom is -0.488 e. The molecule has 0 amide bonds. The van der Waals surface area contributed by atoms with Gasteiger partial charge in [-0.2, -0.15) is 0 Å². The highest BCUT2D eigenvalue weighted by atomic mass is 16.7. The molecule has 1 unspecified atom stereocenters. The van der Waals surface area contributed by atoms with Crippen LogP contribution in [0.25, 0.3) is 0 Å². The highest BCUT2D eigenvalue weighted by Gasteiger charge is 2.19. The number of methoxy groups -OCH3 is 1. The van der Waals surface area contributed by atoms with Crippen molar-refractivity contribution < 1.29 is 18.9 Å². The van der Waals surface area contributed by atoms with Gasteiger partial charge in [-0.25, -0.2) is 0 Å². The van der Waals surface area contributed by atoms with E-state index in [2.05, 4.69) is 12.2 Å². The van der Waals surface area contributed by atoms with E-state index >= 15 is 0 Å². The van der Waals surface area contributed by atoms with Gasteiger partial charge >= 0.3 is 0 Å². The molecular weight excluding hydrogens is 246 g/mol. The van der Waals surface area contributed by atoms with E-state index in [1.165, 1.54) is 0 Å². The molecule has 0 saturated heterocycles. The van der Waals surface area contributed by atoms with Crippen molar-refractivity contribution >= 4 is 0 Å². The van der Waals surface area contributed by atoms with Gasteiger partial charge in [0.05, 0.1) is 6.61 Å². The summed E-state index contributed by atoms with van der Waals surface area (Å²) in [6.07, 6.45) is -0.00857. The van der Waals surface area contributed by atoms with E-state index in [1.54, 1.807) is 7.11 Å². The summed E-state index contributed by atoms with van der Waals surface area (Å²) in [5.41, 5.74) is 1.06. The average molecular weight is 267 g/mol. The van der Waals surface area contributed by atoms with Gasteiger partial charge in [0, 0.05) is 25.3 Å². The first-order valence-corrected chi connectivity index (χ1v) is 6.53. The molecular formula is C14H21NO4. The maximum atomic E-state index is 5.91. The van der Waals surface area contributed by atoms with Crippen LogP contribution < -0.4 is 19.5 Å². The molecule has 1 heterocycles. The zero-order valence-corrected chi connectivity index (χ0v) is 11.7. The Morgan fingerprint density at radius 1 is 1.32 bits per heavy atom. The maximum absolute atomic E-state index is 5.91. The summed E-state index contributed by atoms with van der Waals surface area (Å²) in [6, 6.07) is 3.86. The molecule has 1 N–H and O–H groups in total. The van der Waals surface area contributed by atoms with E-state index in [-0.39, 0.29) is 12.9 Å². The molecule has 1 aromatic rings. The Hall–Kier alpha value is -1.46. The highest BCUT2D eigenvalue weighted by molar-refractivity contribution is 5.51. The third-order valence-corrected chi connectivity index (χ3v) is 2.85. The maximum Gasteiger partial charge on any atom is 0.231 e. The summed E-state index contributed by atoms with van der Waals surface area (Å²) in [5, 5.41) is 3.29. The molecule has 19 heavy (non-hydrogen) atoms. The molecule has 1 aliphatic heterocycles. The second-order valence-corrected chi connectivity index (χ2v) is 4.48. The zero-order valence-electron chi connectivity index (χ0n) is 11.7. The van der Waals surface area contributed by atoms with Gasteiger partial charge in [-0.15, -0.1) is 0 Å². The lowest BCUT2D eigenvalue weighted by Crippen LogP contribution is -2.20. The third-order valence-electron chi connectivity index (χ3n) is 2.85. The molecule has 1 aromatic carbocycles. The number of fused-ring (bicyclic) bond motifs is 1. The van der Waals surface area contributed by atoms with Gasteiger partial charge in [0.15, 0.2) is 11.5 Å². The molecule has 1 atom stereocenters. The molecule has 5 nitrogen and oxygen atoms in total. The van der Waals surface area contributed by atoms with E-state index < -0.39 is 0 Å². The minimum atomic E-state index is -0.00857. The first-order valence-electron chi connectivity index (χ1n) is 6.53. The van der Waals surface area contributed by atoms with Gasteiger partial charge in [-0.3, -0.25) is 0 Å². The van der Waals surface area contributed by atoms with Crippen LogP contribution in [-0.2, 0) is 11.3 Å². The smallest absolute Gasteiger partial charge is 0.231 e. The molecule has 0 aromatic heterocycles. The van der Waals surface area contributed by atoms with E-state index in [4.69, 9.17) is 18.9 Å². The number of ether oxygens (including phenoxy) is 4. The molecule has 0 fully saturated rings. The topological polar surface area (TPSA) is 49.0 Å². The number of hydrogen-bond donors (Lipinski definition) is 1. The molecule has 0 aliphatic carbocycles. The van der Waals surface area contributed by atoms with Gasteiger partial charge in [-0.1, -0.05) is 6.92 Å². The highest BCUT2D eigenvalue weighted by Crippen LogP contribution is 2.38. The standard InChI is InChI=1S/C14H21NO4/c1-4-15-7-11-5-13-14(18-9-17-13)6-12(11)19-10(2)8-16-3/h5-6,10,15H,4,7-9H2,1-3H3. The lowest BCUT2D eigenvalue weighted by Gasteiger charge is -2.17. The lowest BCUT2D eigenvalue weighted by atomic mass is 10.1. The van der Waals surface area contributed by atoms with Crippen LogP contribution in [0.2, 0.25) is 0 Å². The molecule has 0 spiro atoms. The van der Waals surface area contributed by atoms with Crippen molar-refractivity contribution in [3.8, 4) is 17.2 Å². The van der Waals surface area contributed by atoms with E-state index in [1.807, 2.05) is 19.1 Å². The van der Waals surface area contributed by atoms with Gasteiger partial charge in [0.1, 0.15) is 11.9 Å². The fourth-order valence-electron chi connectivity index (χ4n) is 1.96. The van der Waals surface area contributed by atoms with Crippen molar-refractivity contribution in [1.29, 1.82) is 0 Å². The molecule has 5 heteroatoms. The molecule has 0 radical (unpaired) electrons. The predicted octanol–water partition coefficient (Wildman–Crippen LogP) is 1.94. The van der Waals surface area contributed by atoms with E-state index in [0.717, 1.165) is 35.9 Å². The Labute approximate surface area is 113 Å². The van der Waals surface area contributed by atoms with Crippen LogP contribution in [0, 0.1) is 0 Å². The number of nitrogens with one attached hydrogen (secondary N) is 1. The Balaban J connectivity index is 2.18. The van der Waals surface area contributed by atoms with Crippen LogP contribution in [0.15, 0.2) is 12.1 Å². The van der Waals surface area contributed by atoms with Crippen molar-refractivity contribution in [1.82, 2.24) is 5.32 Å². The second-order valence-electron chi connectivity index (χ2n) is 4.48. The minimum absolute atomic E-state index is 0.00857. The van der Waals surface area contributed by atoms with Crippen molar-refractivity contribution in [3.63, 3.8) is 0 Å². The summed E-state index contributed by atoms with van der Waals surface area (Å²) in [6.45, 7) is 6.51. The lowest BCUT2D eigenvalue weighted by molar-refractivity contribution is 0.0911. The van der Waals surface area contributed by atoms with Gasteiger partial charge in [0.2, 0.25) is 6.79 Å². The Morgan fingerprint density at radius 3 is 2.74 bits per heavy atom. The van der Waals surface area contributed by atoms with Crippen LogP contribution in [0.3, 0.4) is 0 Å². The average Bonchev–Trinajstić information content (AvgIpc) is 2.83. The summed E-state index contributed by atoms with van der Waals surface area (Å²) < 4.78 is 21.8. The summed E-state index contributed by atoms with van der Waals surface area (Å²) in [4.78, 5) is 0. The SMILES string of the molecule is CCNCc1cc2c(cc1OC(C)COC)OCO2. The molecule has 106 valence electrons. The van der Waals surface area contributed by atoms with Crippen LogP contribution >= 0.6 is 0 Å². The molecule has 0 saturated carbocycles. The summed E-state index contributed by atoms with van der Waals surface area (Å²) in [7, 11) is 1.67. The van der Waals surface area contributed by atoms with Crippen LogP contribution in [-0.4, -0.2) is 33.2 Å². The van der Waals surface area contributed by atoms with Gasteiger partial charge in [0.25, 0.3) is 0 Å². The quantitative estimate of drug-likeness (QED) is 0.818. The second kappa shape index (κ2) is 6.63. The van der Waals surface area contributed by atoms with Crippen LogP contribution in [0.5, 0.6) is 17.2 Å². The summed E-state index contributed by atoms with van der Waals surface area (Å²) in [5.74, 6) is 2.33. The van der Waals surface area contributed by atoms with Crippen LogP contribution in [0.1, 0.15) is 19.4 Å². The first-order chi connectivity index (χ1) is 9.24. The monoisotopic (exact) mass is 267 g/mol. The molecule has 1 aliphatic rings. The number of benzene rings is 1. The first kappa shape index (κ1) is 14.0. The zero-order chi connectivity index (χ0) is 13.7. The summed E-state index contributed by atoms with van der Waals surface area (Å²) >= 11 is 0. The molecule has 2 rings (SSSR count).